The Kier molecular flexibility index (Phi) is 8.60. The van der Waals surface area contributed by atoms with E-state index in [1.54, 1.807) is 0 Å². The van der Waals surface area contributed by atoms with Crippen LogP contribution in [0, 0.1) is 0 Å². The Hall–Kier alpha value is -10.0. The molecule has 13 aromatic rings. The molecule has 5 heterocycles. The van der Waals surface area contributed by atoms with Crippen molar-refractivity contribution in [2.24, 2.45) is 0 Å². The van der Waals surface area contributed by atoms with Crippen LogP contribution in [0.15, 0.2) is 232 Å². The lowest BCUT2D eigenvalue weighted by Gasteiger charge is -2.45. The maximum absolute atomic E-state index is 6.61. The zero-order valence-corrected chi connectivity index (χ0v) is 38.1. The van der Waals surface area contributed by atoms with Gasteiger partial charge < -0.3 is 18.2 Å². The molecule has 15 rings (SSSR count). The van der Waals surface area contributed by atoms with E-state index in [1.165, 1.54) is 0 Å². The number of aromatic nitrogens is 7. The van der Waals surface area contributed by atoms with Crippen molar-refractivity contribution in [3.8, 4) is 74.4 Å². The van der Waals surface area contributed by atoms with Gasteiger partial charge in [0.05, 0.1) is 27.8 Å². The summed E-state index contributed by atoms with van der Waals surface area (Å²) in [5, 5.41) is 29.4. The number of nitrogens with zero attached hydrogens (tertiary/aromatic N) is 8. The van der Waals surface area contributed by atoms with Gasteiger partial charge in [-0.1, -0.05) is 120 Å². The van der Waals surface area contributed by atoms with Gasteiger partial charge in [0.25, 0.3) is 0 Å². The predicted octanol–water partition coefficient (Wildman–Crippen LogP) is 14.4. The highest BCUT2D eigenvalue weighted by Gasteiger charge is 2.52. The molecule has 0 atom stereocenters. The molecule has 0 fully saturated rings. The van der Waals surface area contributed by atoms with Crippen molar-refractivity contribution in [1.29, 1.82) is 0 Å². The molecular formula is C61H36N8O3. The van der Waals surface area contributed by atoms with Crippen molar-refractivity contribution in [3.05, 3.63) is 241 Å². The van der Waals surface area contributed by atoms with Crippen LogP contribution in [0.5, 0.6) is 0 Å². The second-order valence-electron chi connectivity index (χ2n) is 18.0. The number of fused-ring (bicyclic) bond motifs is 12. The number of para-hydroxylation sites is 3. The summed E-state index contributed by atoms with van der Waals surface area (Å²) in [4.78, 5) is 2.38. The van der Waals surface area contributed by atoms with Gasteiger partial charge in [-0.3, -0.25) is 4.57 Å². The van der Waals surface area contributed by atoms with Crippen LogP contribution in [0.2, 0.25) is 0 Å². The van der Waals surface area contributed by atoms with Gasteiger partial charge in [0.1, 0.15) is 0 Å². The second-order valence-corrected chi connectivity index (χ2v) is 18.0. The van der Waals surface area contributed by atoms with E-state index in [0.717, 1.165) is 100 Å². The van der Waals surface area contributed by atoms with Crippen LogP contribution >= 0.6 is 0 Å². The summed E-state index contributed by atoms with van der Waals surface area (Å²) in [6, 6.07) is 75.4. The predicted molar refractivity (Wildman–Crippen MR) is 277 cm³/mol. The lowest BCUT2D eigenvalue weighted by Crippen LogP contribution is -2.36. The van der Waals surface area contributed by atoms with Crippen molar-refractivity contribution in [1.82, 2.24) is 35.2 Å². The lowest BCUT2D eigenvalue weighted by atomic mass is 9.64. The molecule has 9 aromatic carbocycles. The molecule has 0 bridgehead atoms. The summed E-state index contributed by atoms with van der Waals surface area (Å²) >= 11 is 0. The Morgan fingerprint density at radius 2 is 0.778 bits per heavy atom. The molecule has 1 aliphatic heterocycles. The van der Waals surface area contributed by atoms with Gasteiger partial charge in [-0.2, -0.15) is 0 Å². The molecule has 2 aliphatic rings. The molecule has 338 valence electrons. The minimum Gasteiger partial charge on any atom is -0.416 e. The van der Waals surface area contributed by atoms with Gasteiger partial charge in [0, 0.05) is 44.3 Å². The van der Waals surface area contributed by atoms with E-state index in [-0.39, 0.29) is 0 Å². The van der Waals surface area contributed by atoms with Gasteiger partial charge in [0.2, 0.25) is 29.5 Å². The summed E-state index contributed by atoms with van der Waals surface area (Å²) in [5.41, 5.74) is 14.9. The third-order valence-corrected chi connectivity index (χ3v) is 14.1. The van der Waals surface area contributed by atoms with E-state index in [1.807, 2.05) is 97.1 Å². The second kappa shape index (κ2) is 15.5. The number of benzene rings is 9. The Balaban J connectivity index is 1.02. The molecule has 0 saturated carbocycles. The molecule has 0 radical (unpaired) electrons. The fourth-order valence-corrected chi connectivity index (χ4v) is 11.1. The number of hydrogen-bond acceptors (Lipinski definition) is 10. The molecule has 72 heavy (non-hydrogen) atoms. The fourth-order valence-electron chi connectivity index (χ4n) is 11.1. The normalized spacial score (nSPS) is 13.1. The molecule has 0 amide bonds. The minimum atomic E-state index is -0.830. The summed E-state index contributed by atoms with van der Waals surface area (Å²) < 4.78 is 21.5. The van der Waals surface area contributed by atoms with E-state index < -0.39 is 5.41 Å². The molecule has 1 spiro atoms. The summed E-state index contributed by atoms with van der Waals surface area (Å²) in [6.07, 6.45) is 0. The van der Waals surface area contributed by atoms with E-state index >= 15 is 0 Å². The maximum atomic E-state index is 6.61. The summed E-state index contributed by atoms with van der Waals surface area (Å²) in [7, 11) is 0. The van der Waals surface area contributed by atoms with E-state index in [9.17, 15) is 0 Å². The van der Waals surface area contributed by atoms with Crippen LogP contribution in [0.3, 0.4) is 0 Å². The van der Waals surface area contributed by atoms with Crippen molar-refractivity contribution in [3.63, 3.8) is 0 Å². The molecule has 0 saturated heterocycles. The Morgan fingerprint density at radius 3 is 1.38 bits per heavy atom. The molecular weight excluding hydrogens is 893 g/mol. The van der Waals surface area contributed by atoms with Crippen LogP contribution in [0.4, 0.5) is 17.1 Å². The number of anilines is 3. The standard InChI is InChI=1S/C61H36N8O3/c1-5-17-37(18-6-1)55-62-64-58(70-55)40-30-32-51-45(33-40)46-35-50-44(36-54(46)69(51)60-67-66-57(72-60)39-21-9-3-10-22-39)43-31-29-41(59-65-63-56(71-59)38-19-7-2-8-20-38)34-49(43)61(50)47-25-13-15-27-52(47)68(42-23-11-4-12-24-42)53-28-16-14-26-48(53)61/h1-36H. The first-order chi connectivity index (χ1) is 35.7. The first kappa shape index (κ1) is 39.9. The third-order valence-electron chi connectivity index (χ3n) is 14.1. The van der Waals surface area contributed by atoms with Crippen molar-refractivity contribution < 1.29 is 13.3 Å². The van der Waals surface area contributed by atoms with Gasteiger partial charge in [-0.15, -0.1) is 25.5 Å². The van der Waals surface area contributed by atoms with Crippen LogP contribution in [0.25, 0.3) is 96.2 Å². The fraction of sp³-hybridized carbons (Fsp3) is 0.0164. The number of hydrogen-bond donors (Lipinski definition) is 0. The summed E-state index contributed by atoms with van der Waals surface area (Å²) in [6.45, 7) is 0. The zero-order valence-electron chi connectivity index (χ0n) is 38.1. The molecule has 0 N–H and O–H groups in total. The quantitative estimate of drug-likeness (QED) is 0.152. The largest absolute Gasteiger partial charge is 0.416 e. The first-order valence-corrected chi connectivity index (χ1v) is 23.7. The average molecular weight is 929 g/mol. The smallest absolute Gasteiger partial charge is 0.327 e. The molecule has 0 unspecified atom stereocenters. The highest BCUT2D eigenvalue weighted by Crippen LogP contribution is 2.64. The minimum absolute atomic E-state index is 0.339. The maximum Gasteiger partial charge on any atom is 0.327 e. The van der Waals surface area contributed by atoms with E-state index in [4.69, 9.17) is 18.4 Å². The third kappa shape index (κ3) is 5.85. The number of rotatable bonds is 7. The van der Waals surface area contributed by atoms with Gasteiger partial charge in [-0.05, 0) is 137 Å². The average Bonchev–Trinajstić information content (AvgIpc) is 4.32. The van der Waals surface area contributed by atoms with Gasteiger partial charge in [0.15, 0.2) is 0 Å². The van der Waals surface area contributed by atoms with Gasteiger partial charge >= 0.3 is 6.01 Å². The molecule has 11 nitrogen and oxygen atoms in total. The van der Waals surface area contributed by atoms with Crippen molar-refractivity contribution in [2.45, 2.75) is 5.41 Å². The topological polar surface area (TPSA) is 125 Å². The van der Waals surface area contributed by atoms with Crippen molar-refractivity contribution in [2.75, 3.05) is 4.90 Å². The highest BCUT2D eigenvalue weighted by molar-refractivity contribution is 6.13. The summed E-state index contributed by atoms with van der Waals surface area (Å²) in [5.74, 6) is 2.16. The zero-order chi connectivity index (χ0) is 47.3. The van der Waals surface area contributed by atoms with E-state index in [2.05, 4.69) is 156 Å². The van der Waals surface area contributed by atoms with E-state index in [0.29, 0.717) is 35.5 Å². The molecule has 4 aromatic heterocycles. The molecule has 11 heteroatoms. The van der Waals surface area contributed by atoms with Crippen LogP contribution in [-0.4, -0.2) is 35.2 Å². The van der Waals surface area contributed by atoms with Crippen LogP contribution < -0.4 is 4.90 Å². The van der Waals surface area contributed by atoms with Crippen molar-refractivity contribution >= 4 is 38.9 Å². The van der Waals surface area contributed by atoms with Crippen LogP contribution in [0.1, 0.15) is 22.3 Å². The monoisotopic (exact) mass is 928 g/mol. The first-order valence-electron chi connectivity index (χ1n) is 23.7. The van der Waals surface area contributed by atoms with Crippen LogP contribution in [-0.2, 0) is 5.41 Å². The lowest BCUT2D eigenvalue weighted by molar-refractivity contribution is 0.546. The Bertz CT molecular complexity index is 4190. The molecule has 1 aliphatic carbocycles. The van der Waals surface area contributed by atoms with Gasteiger partial charge in [-0.25, -0.2) is 0 Å². The Labute approximate surface area is 411 Å². The SMILES string of the molecule is c1ccc(-c2nnc(-c3ccc4c(c3)C3(c5cc6c7cc(-c8nnc(-c9ccccc9)o8)ccc7n(-c7nnc(-c8ccccc8)o7)c6cc5-4)c4ccccc4N(c4ccccc4)c4ccccc43)o2)cc1. The Morgan fingerprint density at radius 1 is 0.319 bits per heavy atom. The highest BCUT2D eigenvalue weighted by atomic mass is 16.4.